The predicted octanol–water partition coefficient (Wildman–Crippen LogP) is 3.34. The fraction of sp³-hybridized carbons (Fsp3) is 0.867. The summed E-state index contributed by atoms with van der Waals surface area (Å²) in [4.78, 5) is 4.59. The Morgan fingerprint density at radius 2 is 1.89 bits per heavy atom. The van der Waals surface area contributed by atoms with Crippen molar-refractivity contribution in [1.29, 1.82) is 0 Å². The van der Waals surface area contributed by atoms with Crippen LogP contribution in [0.2, 0.25) is 0 Å². The summed E-state index contributed by atoms with van der Waals surface area (Å²) in [7, 11) is 0. The first-order chi connectivity index (χ1) is 9.08. The van der Waals surface area contributed by atoms with Crippen LogP contribution < -0.4 is 5.73 Å². The van der Waals surface area contributed by atoms with Crippen LogP contribution >= 0.6 is 0 Å². The number of nitrogens with two attached hydrogens (primary N) is 1. The molecule has 4 nitrogen and oxygen atoms in total. The highest BCUT2D eigenvalue weighted by Gasteiger charge is 2.40. The Hall–Kier alpha value is -0.900. The average Bonchev–Trinajstić information content (AvgIpc) is 2.86. The minimum absolute atomic E-state index is 0.319. The molecular weight excluding hydrogens is 238 g/mol. The van der Waals surface area contributed by atoms with Crippen molar-refractivity contribution in [2.45, 2.75) is 70.3 Å². The fourth-order valence-electron chi connectivity index (χ4n) is 3.42. The standard InChI is InChI=1S/C15H25N3O/c1-10(2)11-4-6-12(7-5-11)13-17-14(19-18-13)15(16)8-3-9-15/h10-12H,3-9,16H2,1-2H3. The second-order valence-corrected chi connectivity index (χ2v) is 6.82. The van der Waals surface area contributed by atoms with Gasteiger partial charge in [0.05, 0.1) is 5.54 Å². The summed E-state index contributed by atoms with van der Waals surface area (Å²) in [5.74, 6) is 3.71. The zero-order valence-electron chi connectivity index (χ0n) is 12.1. The van der Waals surface area contributed by atoms with E-state index in [9.17, 15) is 0 Å². The van der Waals surface area contributed by atoms with E-state index in [2.05, 4.69) is 24.0 Å². The lowest BCUT2D eigenvalue weighted by atomic mass is 9.76. The summed E-state index contributed by atoms with van der Waals surface area (Å²) in [6.07, 6.45) is 8.11. The molecule has 2 N–H and O–H groups in total. The molecule has 4 heteroatoms. The van der Waals surface area contributed by atoms with Crippen molar-refractivity contribution in [3.05, 3.63) is 11.7 Å². The lowest BCUT2D eigenvalue weighted by Crippen LogP contribution is -2.43. The van der Waals surface area contributed by atoms with Gasteiger partial charge in [-0.15, -0.1) is 0 Å². The quantitative estimate of drug-likeness (QED) is 0.908. The zero-order chi connectivity index (χ0) is 13.5. The van der Waals surface area contributed by atoms with Crippen molar-refractivity contribution in [2.24, 2.45) is 17.6 Å². The van der Waals surface area contributed by atoms with Crippen molar-refractivity contribution >= 4 is 0 Å². The van der Waals surface area contributed by atoms with E-state index in [0.717, 1.165) is 30.5 Å². The number of rotatable bonds is 3. The molecule has 0 aromatic carbocycles. The first kappa shape index (κ1) is 13.1. The van der Waals surface area contributed by atoms with Gasteiger partial charge in [-0.3, -0.25) is 0 Å². The summed E-state index contributed by atoms with van der Waals surface area (Å²) < 4.78 is 5.41. The van der Waals surface area contributed by atoms with Gasteiger partial charge in [-0.1, -0.05) is 19.0 Å². The molecule has 19 heavy (non-hydrogen) atoms. The second kappa shape index (κ2) is 4.89. The number of hydrogen-bond acceptors (Lipinski definition) is 4. The van der Waals surface area contributed by atoms with Gasteiger partial charge in [0.25, 0.3) is 0 Å². The molecule has 0 amide bonds. The van der Waals surface area contributed by atoms with Crippen molar-refractivity contribution in [1.82, 2.24) is 10.1 Å². The van der Waals surface area contributed by atoms with Crippen LogP contribution in [0.4, 0.5) is 0 Å². The van der Waals surface area contributed by atoms with Crippen LogP contribution in [0.3, 0.4) is 0 Å². The minimum atomic E-state index is -0.319. The molecular formula is C15H25N3O. The molecule has 0 unspecified atom stereocenters. The molecule has 2 fully saturated rings. The maximum absolute atomic E-state index is 6.23. The van der Waals surface area contributed by atoms with Gasteiger partial charge in [0, 0.05) is 5.92 Å². The molecule has 1 aromatic heterocycles. The van der Waals surface area contributed by atoms with Crippen LogP contribution in [0.1, 0.15) is 76.4 Å². The minimum Gasteiger partial charge on any atom is -0.337 e. The number of aromatic nitrogens is 2. The smallest absolute Gasteiger partial charge is 0.246 e. The molecule has 1 heterocycles. The molecule has 2 aliphatic rings. The molecule has 0 aliphatic heterocycles. The fourth-order valence-corrected chi connectivity index (χ4v) is 3.42. The Labute approximate surface area is 115 Å². The van der Waals surface area contributed by atoms with E-state index in [1.165, 1.54) is 32.1 Å². The van der Waals surface area contributed by atoms with Crippen LogP contribution in [-0.4, -0.2) is 10.1 Å². The molecule has 0 spiro atoms. The van der Waals surface area contributed by atoms with Crippen LogP contribution in [0.15, 0.2) is 4.52 Å². The highest BCUT2D eigenvalue weighted by atomic mass is 16.5. The Kier molecular flexibility index (Phi) is 3.37. The molecule has 0 bridgehead atoms. The summed E-state index contributed by atoms with van der Waals surface area (Å²) in [6, 6.07) is 0. The molecule has 106 valence electrons. The van der Waals surface area contributed by atoms with Gasteiger partial charge in [-0.05, 0) is 56.8 Å². The first-order valence-electron chi connectivity index (χ1n) is 7.71. The third kappa shape index (κ3) is 2.42. The highest BCUT2D eigenvalue weighted by molar-refractivity contribution is 5.09. The third-order valence-corrected chi connectivity index (χ3v) is 5.19. The van der Waals surface area contributed by atoms with E-state index in [1.807, 2.05) is 0 Å². The molecule has 0 radical (unpaired) electrons. The van der Waals surface area contributed by atoms with Gasteiger partial charge in [0.2, 0.25) is 5.89 Å². The highest BCUT2D eigenvalue weighted by Crippen LogP contribution is 2.40. The van der Waals surface area contributed by atoms with Crippen LogP contribution in [-0.2, 0) is 5.54 Å². The van der Waals surface area contributed by atoms with Crippen molar-refractivity contribution in [3.63, 3.8) is 0 Å². The lowest BCUT2D eigenvalue weighted by molar-refractivity contribution is 0.180. The van der Waals surface area contributed by atoms with Crippen LogP contribution in [0.25, 0.3) is 0 Å². The molecule has 0 saturated heterocycles. The largest absolute Gasteiger partial charge is 0.337 e. The predicted molar refractivity (Wildman–Crippen MR) is 73.6 cm³/mol. The summed E-state index contributed by atoms with van der Waals surface area (Å²) >= 11 is 0. The third-order valence-electron chi connectivity index (χ3n) is 5.19. The Balaban J connectivity index is 1.64. The molecule has 1 aromatic rings. The number of nitrogens with zero attached hydrogens (tertiary/aromatic N) is 2. The Morgan fingerprint density at radius 3 is 2.42 bits per heavy atom. The van der Waals surface area contributed by atoms with E-state index in [-0.39, 0.29) is 5.54 Å². The van der Waals surface area contributed by atoms with Crippen LogP contribution in [0, 0.1) is 11.8 Å². The van der Waals surface area contributed by atoms with E-state index in [4.69, 9.17) is 10.3 Å². The van der Waals surface area contributed by atoms with Gasteiger partial charge in [0.1, 0.15) is 0 Å². The van der Waals surface area contributed by atoms with E-state index < -0.39 is 0 Å². The van der Waals surface area contributed by atoms with Gasteiger partial charge >= 0.3 is 0 Å². The van der Waals surface area contributed by atoms with Gasteiger partial charge in [0.15, 0.2) is 5.82 Å². The van der Waals surface area contributed by atoms with Gasteiger partial charge in [-0.2, -0.15) is 4.98 Å². The van der Waals surface area contributed by atoms with Crippen molar-refractivity contribution < 1.29 is 4.52 Å². The van der Waals surface area contributed by atoms with Gasteiger partial charge in [-0.25, -0.2) is 0 Å². The Morgan fingerprint density at radius 1 is 1.21 bits per heavy atom. The van der Waals surface area contributed by atoms with E-state index >= 15 is 0 Å². The molecule has 2 saturated carbocycles. The van der Waals surface area contributed by atoms with Crippen molar-refractivity contribution in [2.75, 3.05) is 0 Å². The SMILES string of the molecule is CC(C)C1CCC(c2noc(C3(N)CCC3)n2)CC1. The topological polar surface area (TPSA) is 64.9 Å². The first-order valence-corrected chi connectivity index (χ1v) is 7.71. The summed E-state index contributed by atoms with van der Waals surface area (Å²) in [6.45, 7) is 4.65. The monoisotopic (exact) mass is 263 g/mol. The maximum Gasteiger partial charge on any atom is 0.246 e. The maximum atomic E-state index is 6.23. The van der Waals surface area contributed by atoms with Gasteiger partial charge < -0.3 is 10.3 Å². The molecule has 2 aliphatic carbocycles. The number of hydrogen-bond donors (Lipinski definition) is 1. The summed E-state index contributed by atoms with van der Waals surface area (Å²) in [5.41, 5.74) is 5.91. The van der Waals surface area contributed by atoms with E-state index in [1.54, 1.807) is 0 Å². The average molecular weight is 263 g/mol. The Bertz CT molecular complexity index is 428. The lowest BCUT2D eigenvalue weighted by Gasteiger charge is -2.33. The molecule has 3 rings (SSSR count). The zero-order valence-corrected chi connectivity index (χ0v) is 12.1. The molecule has 0 atom stereocenters. The summed E-state index contributed by atoms with van der Waals surface area (Å²) in [5, 5.41) is 4.19. The normalized spacial score (nSPS) is 30.3. The van der Waals surface area contributed by atoms with E-state index in [0.29, 0.717) is 11.8 Å². The second-order valence-electron chi connectivity index (χ2n) is 6.82. The van der Waals surface area contributed by atoms with Crippen LogP contribution in [0.5, 0.6) is 0 Å². The van der Waals surface area contributed by atoms with Crippen molar-refractivity contribution in [3.8, 4) is 0 Å².